The van der Waals surface area contributed by atoms with Gasteiger partial charge in [-0.05, 0) is 37.6 Å². The van der Waals surface area contributed by atoms with Crippen molar-refractivity contribution in [1.29, 1.82) is 0 Å². The molecule has 0 heterocycles. The van der Waals surface area contributed by atoms with E-state index in [1.54, 1.807) is 12.3 Å². The number of aliphatic imine (C=N–C) groups is 1. The van der Waals surface area contributed by atoms with E-state index >= 15 is 0 Å². The van der Waals surface area contributed by atoms with Crippen LogP contribution in [0.25, 0.3) is 0 Å². The van der Waals surface area contributed by atoms with E-state index in [-0.39, 0.29) is 0 Å². The van der Waals surface area contributed by atoms with Gasteiger partial charge >= 0.3 is 0 Å². The Bertz CT molecular complexity index is 210. The molecule has 0 amide bonds. The minimum absolute atomic E-state index is 0.540. The van der Waals surface area contributed by atoms with E-state index in [4.69, 9.17) is 5.73 Å². The highest BCUT2D eigenvalue weighted by Crippen LogP contribution is 2.24. The molecule has 0 aromatic carbocycles. The third kappa shape index (κ3) is 2.22. The fourth-order valence-corrected chi connectivity index (χ4v) is 0.801. The summed E-state index contributed by atoms with van der Waals surface area (Å²) >= 11 is 0. The molecule has 2 nitrogen and oxygen atoms in total. The Hall–Kier alpha value is -1.05. The van der Waals surface area contributed by atoms with Crippen LogP contribution < -0.4 is 5.73 Å². The molecule has 1 rings (SSSR count). The molecule has 1 saturated carbocycles. The summed E-state index contributed by atoms with van der Waals surface area (Å²) in [6.07, 6.45) is 5.77. The average Bonchev–Trinajstić information content (AvgIpc) is 2.82. The molecule has 0 aromatic rings. The summed E-state index contributed by atoms with van der Waals surface area (Å²) in [4.78, 5) is 4.43. The van der Waals surface area contributed by atoms with E-state index in [0.717, 1.165) is 11.3 Å². The predicted octanol–water partition coefficient (Wildman–Crippen LogP) is 1.64. The zero-order valence-corrected chi connectivity index (χ0v) is 6.88. The average molecular weight is 150 g/mol. The van der Waals surface area contributed by atoms with E-state index < -0.39 is 0 Å². The Morgan fingerprint density at radius 3 is 2.64 bits per heavy atom. The molecule has 0 spiro atoms. The van der Waals surface area contributed by atoms with E-state index in [2.05, 4.69) is 11.6 Å². The lowest BCUT2D eigenvalue weighted by atomic mass is 10.2. The van der Waals surface area contributed by atoms with Gasteiger partial charge in [-0.25, -0.2) is 0 Å². The Kier molecular flexibility index (Phi) is 2.47. The van der Waals surface area contributed by atoms with Gasteiger partial charge in [-0.1, -0.05) is 6.58 Å². The highest BCUT2D eigenvalue weighted by Gasteiger charge is 2.20. The van der Waals surface area contributed by atoms with Crippen molar-refractivity contribution < 1.29 is 0 Å². The van der Waals surface area contributed by atoms with Gasteiger partial charge in [-0.3, -0.25) is 4.99 Å². The van der Waals surface area contributed by atoms with Gasteiger partial charge in [0.15, 0.2) is 0 Å². The molecule has 11 heavy (non-hydrogen) atoms. The summed E-state index contributed by atoms with van der Waals surface area (Å²) in [5.74, 6) is 0. The van der Waals surface area contributed by atoms with E-state index in [9.17, 15) is 0 Å². The van der Waals surface area contributed by atoms with Gasteiger partial charge < -0.3 is 5.73 Å². The number of nitrogens with two attached hydrogens (primary N) is 1. The van der Waals surface area contributed by atoms with Gasteiger partial charge in [0.05, 0.1) is 11.8 Å². The molecule has 2 N–H and O–H groups in total. The Morgan fingerprint density at radius 1 is 1.64 bits per heavy atom. The fourth-order valence-electron chi connectivity index (χ4n) is 0.801. The van der Waals surface area contributed by atoms with E-state index in [0.29, 0.717) is 6.04 Å². The molecular weight excluding hydrogens is 136 g/mol. The zero-order valence-electron chi connectivity index (χ0n) is 6.88. The van der Waals surface area contributed by atoms with Crippen LogP contribution in [0.3, 0.4) is 0 Å². The predicted molar refractivity (Wildman–Crippen MR) is 48.6 cm³/mol. The second-order valence-corrected chi connectivity index (χ2v) is 2.80. The molecule has 0 aliphatic heterocycles. The molecule has 1 fully saturated rings. The SMILES string of the molecule is C=CC(=NC1CC1)C(C)=CN. The summed E-state index contributed by atoms with van der Waals surface area (Å²) < 4.78 is 0. The van der Waals surface area contributed by atoms with Crippen molar-refractivity contribution >= 4 is 5.71 Å². The van der Waals surface area contributed by atoms with E-state index in [1.807, 2.05) is 6.92 Å². The second kappa shape index (κ2) is 3.37. The number of allylic oxidation sites excluding steroid dienone is 2. The molecule has 2 heteroatoms. The molecule has 0 saturated heterocycles. The van der Waals surface area contributed by atoms with Gasteiger partial charge in [-0.2, -0.15) is 0 Å². The van der Waals surface area contributed by atoms with Crippen molar-refractivity contribution in [3.63, 3.8) is 0 Å². The van der Waals surface area contributed by atoms with Crippen molar-refractivity contribution in [1.82, 2.24) is 0 Å². The van der Waals surface area contributed by atoms with Gasteiger partial charge in [0.1, 0.15) is 0 Å². The van der Waals surface area contributed by atoms with Crippen molar-refractivity contribution in [2.24, 2.45) is 10.7 Å². The molecule has 0 radical (unpaired) electrons. The van der Waals surface area contributed by atoms with Crippen molar-refractivity contribution in [2.75, 3.05) is 0 Å². The maximum Gasteiger partial charge on any atom is 0.0615 e. The number of hydrogen-bond acceptors (Lipinski definition) is 2. The number of hydrogen-bond donors (Lipinski definition) is 1. The highest BCUT2D eigenvalue weighted by molar-refractivity contribution is 6.07. The Balaban J connectivity index is 2.67. The number of nitrogens with zero attached hydrogens (tertiary/aromatic N) is 1. The van der Waals surface area contributed by atoms with Crippen molar-refractivity contribution in [2.45, 2.75) is 25.8 Å². The van der Waals surface area contributed by atoms with Crippen LogP contribution in [0.2, 0.25) is 0 Å². The van der Waals surface area contributed by atoms with Gasteiger partial charge in [0, 0.05) is 0 Å². The monoisotopic (exact) mass is 150 g/mol. The minimum atomic E-state index is 0.540. The van der Waals surface area contributed by atoms with Crippen LogP contribution in [0.4, 0.5) is 0 Å². The second-order valence-electron chi connectivity index (χ2n) is 2.80. The Labute approximate surface area is 67.5 Å². The summed E-state index contributed by atoms with van der Waals surface area (Å²) in [7, 11) is 0. The van der Waals surface area contributed by atoms with Crippen LogP contribution in [-0.2, 0) is 0 Å². The third-order valence-electron chi connectivity index (χ3n) is 1.72. The maximum atomic E-state index is 5.35. The molecular formula is C9H14N2. The Morgan fingerprint density at radius 2 is 2.27 bits per heavy atom. The van der Waals surface area contributed by atoms with E-state index in [1.165, 1.54) is 12.8 Å². The summed E-state index contributed by atoms with van der Waals surface area (Å²) in [5.41, 5.74) is 7.30. The van der Waals surface area contributed by atoms with Crippen LogP contribution in [0.1, 0.15) is 19.8 Å². The molecule has 0 unspecified atom stereocenters. The molecule has 1 aliphatic carbocycles. The van der Waals surface area contributed by atoms with Crippen LogP contribution in [0, 0.1) is 0 Å². The van der Waals surface area contributed by atoms with Crippen LogP contribution in [0.5, 0.6) is 0 Å². The molecule has 0 atom stereocenters. The third-order valence-corrected chi connectivity index (χ3v) is 1.72. The molecule has 60 valence electrons. The largest absolute Gasteiger partial charge is 0.404 e. The smallest absolute Gasteiger partial charge is 0.0615 e. The molecule has 0 bridgehead atoms. The summed E-state index contributed by atoms with van der Waals surface area (Å²) in [5, 5.41) is 0. The first-order valence-corrected chi connectivity index (χ1v) is 3.87. The number of rotatable bonds is 3. The lowest BCUT2D eigenvalue weighted by molar-refractivity contribution is 1.07. The van der Waals surface area contributed by atoms with Crippen LogP contribution in [0.15, 0.2) is 29.4 Å². The lowest BCUT2D eigenvalue weighted by Crippen LogP contribution is -1.99. The van der Waals surface area contributed by atoms with Gasteiger partial charge in [0.2, 0.25) is 0 Å². The first-order chi connectivity index (χ1) is 5.27. The molecule has 0 aromatic heterocycles. The highest BCUT2D eigenvalue weighted by atomic mass is 14.8. The quantitative estimate of drug-likeness (QED) is 0.610. The standard InChI is InChI=1S/C9H14N2/c1-3-9(7(2)6-10)11-8-4-5-8/h3,6,8H,1,4-5,10H2,2H3. The topological polar surface area (TPSA) is 38.4 Å². The van der Waals surface area contributed by atoms with Crippen molar-refractivity contribution in [3.05, 3.63) is 24.4 Å². The maximum absolute atomic E-state index is 5.35. The fraction of sp³-hybridized carbons (Fsp3) is 0.444. The van der Waals surface area contributed by atoms with Crippen LogP contribution in [-0.4, -0.2) is 11.8 Å². The zero-order chi connectivity index (χ0) is 8.27. The first-order valence-electron chi connectivity index (χ1n) is 3.87. The first kappa shape index (κ1) is 8.05. The lowest BCUT2D eigenvalue weighted by Gasteiger charge is -1.98. The van der Waals surface area contributed by atoms with Gasteiger partial charge in [-0.15, -0.1) is 0 Å². The van der Waals surface area contributed by atoms with Crippen LogP contribution >= 0.6 is 0 Å². The summed E-state index contributed by atoms with van der Waals surface area (Å²) in [6, 6.07) is 0.540. The summed E-state index contributed by atoms with van der Waals surface area (Å²) in [6.45, 7) is 5.63. The molecule has 1 aliphatic rings. The van der Waals surface area contributed by atoms with Gasteiger partial charge in [0.25, 0.3) is 0 Å². The normalized spacial score (nSPS) is 20.1. The minimum Gasteiger partial charge on any atom is -0.404 e. The van der Waals surface area contributed by atoms with Crippen molar-refractivity contribution in [3.8, 4) is 0 Å².